The largest absolute Gasteiger partial charge is 0.378 e. The van der Waals surface area contributed by atoms with Gasteiger partial charge in [-0.05, 0) is 43.7 Å². The maximum absolute atomic E-state index is 5.72. The molecule has 1 aliphatic heterocycles. The Morgan fingerprint density at radius 1 is 1.33 bits per heavy atom. The highest BCUT2D eigenvalue weighted by Crippen LogP contribution is 2.22. The van der Waals surface area contributed by atoms with Crippen LogP contribution in [-0.4, -0.2) is 19.3 Å². The quantitative estimate of drug-likeness (QED) is 0.862. The molecule has 1 fully saturated rings. The van der Waals surface area contributed by atoms with Crippen molar-refractivity contribution in [2.75, 3.05) is 13.2 Å². The van der Waals surface area contributed by atoms with E-state index < -0.39 is 0 Å². The SMILES string of the molecule is CCC1OCCC1CNCc1cc(C)ccc1C. The van der Waals surface area contributed by atoms with Crippen LogP contribution in [0.1, 0.15) is 36.5 Å². The highest BCUT2D eigenvalue weighted by Gasteiger charge is 2.25. The van der Waals surface area contributed by atoms with Crippen LogP contribution in [0.3, 0.4) is 0 Å². The predicted molar refractivity (Wildman–Crippen MR) is 75.8 cm³/mol. The minimum absolute atomic E-state index is 0.469. The number of rotatable bonds is 5. The van der Waals surface area contributed by atoms with Crippen LogP contribution in [0, 0.1) is 19.8 Å². The molecule has 1 aromatic carbocycles. The summed E-state index contributed by atoms with van der Waals surface area (Å²) in [4.78, 5) is 0. The summed E-state index contributed by atoms with van der Waals surface area (Å²) in [7, 11) is 0. The molecule has 1 heterocycles. The second-order valence-corrected chi connectivity index (χ2v) is 5.43. The van der Waals surface area contributed by atoms with Gasteiger partial charge in [0.05, 0.1) is 6.10 Å². The topological polar surface area (TPSA) is 21.3 Å². The molecule has 2 nitrogen and oxygen atoms in total. The van der Waals surface area contributed by atoms with Crippen LogP contribution in [0.5, 0.6) is 0 Å². The summed E-state index contributed by atoms with van der Waals surface area (Å²) in [5, 5.41) is 3.60. The second-order valence-electron chi connectivity index (χ2n) is 5.43. The molecule has 100 valence electrons. The Labute approximate surface area is 111 Å². The minimum atomic E-state index is 0.469. The molecule has 0 radical (unpaired) electrons. The third kappa shape index (κ3) is 3.33. The Hall–Kier alpha value is -0.860. The maximum Gasteiger partial charge on any atom is 0.0613 e. The van der Waals surface area contributed by atoms with E-state index in [0.717, 1.165) is 26.1 Å². The van der Waals surface area contributed by atoms with Gasteiger partial charge in [0.2, 0.25) is 0 Å². The average Bonchev–Trinajstić information content (AvgIpc) is 2.81. The Bertz CT molecular complexity index is 389. The first-order valence-electron chi connectivity index (χ1n) is 7.09. The van der Waals surface area contributed by atoms with Gasteiger partial charge in [0.1, 0.15) is 0 Å². The molecule has 1 saturated heterocycles. The van der Waals surface area contributed by atoms with Crippen molar-refractivity contribution in [1.29, 1.82) is 0 Å². The van der Waals surface area contributed by atoms with Gasteiger partial charge < -0.3 is 10.1 Å². The van der Waals surface area contributed by atoms with E-state index in [0.29, 0.717) is 12.0 Å². The zero-order valence-electron chi connectivity index (χ0n) is 11.8. The molecule has 2 unspecified atom stereocenters. The summed E-state index contributed by atoms with van der Waals surface area (Å²) in [5.41, 5.74) is 4.14. The maximum atomic E-state index is 5.72. The highest BCUT2D eigenvalue weighted by atomic mass is 16.5. The lowest BCUT2D eigenvalue weighted by Crippen LogP contribution is -2.28. The van der Waals surface area contributed by atoms with Crippen molar-refractivity contribution in [2.45, 2.75) is 46.3 Å². The smallest absolute Gasteiger partial charge is 0.0613 e. The van der Waals surface area contributed by atoms with Crippen molar-refractivity contribution in [3.63, 3.8) is 0 Å². The van der Waals surface area contributed by atoms with E-state index >= 15 is 0 Å². The van der Waals surface area contributed by atoms with Crippen LogP contribution >= 0.6 is 0 Å². The van der Waals surface area contributed by atoms with Gasteiger partial charge in [0, 0.05) is 19.7 Å². The molecule has 1 aromatic rings. The normalized spacial score (nSPS) is 23.5. The van der Waals surface area contributed by atoms with Crippen LogP contribution in [0.25, 0.3) is 0 Å². The standard InChI is InChI=1S/C16H25NO/c1-4-16-14(7-8-18-16)10-17-11-15-9-12(2)5-6-13(15)3/h5-6,9,14,16-17H,4,7-8,10-11H2,1-3H3. The molecule has 0 aliphatic carbocycles. The first-order chi connectivity index (χ1) is 8.70. The molecule has 2 heteroatoms. The van der Waals surface area contributed by atoms with Crippen molar-refractivity contribution in [3.05, 3.63) is 34.9 Å². The van der Waals surface area contributed by atoms with Gasteiger partial charge in [0.15, 0.2) is 0 Å². The lowest BCUT2D eigenvalue weighted by molar-refractivity contribution is 0.0872. The Kier molecular flexibility index (Phi) is 4.79. The summed E-state index contributed by atoms with van der Waals surface area (Å²) in [6.07, 6.45) is 2.81. The lowest BCUT2D eigenvalue weighted by atomic mass is 9.99. The van der Waals surface area contributed by atoms with E-state index in [-0.39, 0.29) is 0 Å². The molecule has 2 atom stereocenters. The molecule has 0 saturated carbocycles. The summed E-state index contributed by atoms with van der Waals surface area (Å²) in [6.45, 7) is 9.54. The predicted octanol–water partition coefficient (Wildman–Crippen LogP) is 3.21. The molecule has 0 aromatic heterocycles. The molecule has 0 amide bonds. The first kappa shape index (κ1) is 13.6. The van der Waals surface area contributed by atoms with Crippen molar-refractivity contribution in [2.24, 2.45) is 5.92 Å². The number of hydrogen-bond acceptors (Lipinski definition) is 2. The fraction of sp³-hybridized carbons (Fsp3) is 0.625. The summed E-state index contributed by atoms with van der Waals surface area (Å²) < 4.78 is 5.72. The van der Waals surface area contributed by atoms with Crippen molar-refractivity contribution in [3.8, 4) is 0 Å². The molecule has 0 spiro atoms. The molecule has 1 aliphatic rings. The van der Waals surface area contributed by atoms with Crippen LogP contribution in [-0.2, 0) is 11.3 Å². The zero-order chi connectivity index (χ0) is 13.0. The summed E-state index contributed by atoms with van der Waals surface area (Å²) in [6, 6.07) is 6.67. The van der Waals surface area contributed by atoms with Gasteiger partial charge >= 0.3 is 0 Å². The van der Waals surface area contributed by atoms with E-state index in [1.54, 1.807) is 0 Å². The van der Waals surface area contributed by atoms with Crippen LogP contribution in [0.4, 0.5) is 0 Å². The van der Waals surface area contributed by atoms with Crippen LogP contribution in [0.15, 0.2) is 18.2 Å². The van der Waals surface area contributed by atoms with E-state index in [4.69, 9.17) is 4.74 Å². The molecule has 1 N–H and O–H groups in total. The zero-order valence-corrected chi connectivity index (χ0v) is 11.8. The Balaban J connectivity index is 1.83. The third-order valence-electron chi connectivity index (χ3n) is 3.98. The monoisotopic (exact) mass is 247 g/mol. The lowest BCUT2D eigenvalue weighted by Gasteiger charge is -2.17. The van der Waals surface area contributed by atoms with E-state index in [1.165, 1.54) is 23.1 Å². The minimum Gasteiger partial charge on any atom is -0.378 e. The van der Waals surface area contributed by atoms with Gasteiger partial charge in [-0.3, -0.25) is 0 Å². The number of ether oxygens (including phenoxy) is 1. The van der Waals surface area contributed by atoms with Gasteiger partial charge in [-0.15, -0.1) is 0 Å². The van der Waals surface area contributed by atoms with E-state index in [2.05, 4.69) is 44.3 Å². The Morgan fingerprint density at radius 2 is 2.17 bits per heavy atom. The number of aryl methyl sites for hydroxylation is 2. The number of hydrogen-bond donors (Lipinski definition) is 1. The number of nitrogens with one attached hydrogen (secondary N) is 1. The fourth-order valence-corrected chi connectivity index (χ4v) is 2.76. The van der Waals surface area contributed by atoms with Crippen LogP contribution in [0.2, 0.25) is 0 Å². The van der Waals surface area contributed by atoms with Gasteiger partial charge in [-0.25, -0.2) is 0 Å². The molecule has 2 rings (SSSR count). The van der Waals surface area contributed by atoms with Crippen molar-refractivity contribution >= 4 is 0 Å². The second kappa shape index (κ2) is 6.35. The van der Waals surface area contributed by atoms with Gasteiger partial charge in [-0.2, -0.15) is 0 Å². The third-order valence-corrected chi connectivity index (χ3v) is 3.98. The van der Waals surface area contributed by atoms with E-state index in [1.807, 2.05) is 0 Å². The van der Waals surface area contributed by atoms with Crippen LogP contribution < -0.4 is 5.32 Å². The molecular weight excluding hydrogens is 222 g/mol. The van der Waals surface area contributed by atoms with Gasteiger partial charge in [0.25, 0.3) is 0 Å². The average molecular weight is 247 g/mol. The van der Waals surface area contributed by atoms with Crippen molar-refractivity contribution in [1.82, 2.24) is 5.32 Å². The fourth-order valence-electron chi connectivity index (χ4n) is 2.76. The number of benzene rings is 1. The molecule has 0 bridgehead atoms. The summed E-state index contributed by atoms with van der Waals surface area (Å²) >= 11 is 0. The first-order valence-corrected chi connectivity index (χ1v) is 7.09. The van der Waals surface area contributed by atoms with E-state index in [9.17, 15) is 0 Å². The highest BCUT2D eigenvalue weighted by molar-refractivity contribution is 5.30. The molecule has 18 heavy (non-hydrogen) atoms. The Morgan fingerprint density at radius 3 is 2.94 bits per heavy atom. The van der Waals surface area contributed by atoms with Crippen molar-refractivity contribution < 1.29 is 4.74 Å². The summed E-state index contributed by atoms with van der Waals surface area (Å²) in [5.74, 6) is 0.695. The molecular formula is C16H25NO. The van der Waals surface area contributed by atoms with Gasteiger partial charge in [-0.1, -0.05) is 30.7 Å².